The predicted octanol–water partition coefficient (Wildman–Crippen LogP) is 3.52. The molecule has 0 bridgehead atoms. The number of halogens is 1. The summed E-state index contributed by atoms with van der Waals surface area (Å²) in [6, 6.07) is 14.4. The van der Waals surface area contributed by atoms with Gasteiger partial charge in [-0.2, -0.15) is 0 Å². The molecule has 0 unspecified atom stereocenters. The van der Waals surface area contributed by atoms with Crippen molar-refractivity contribution in [3.8, 4) is 0 Å². The summed E-state index contributed by atoms with van der Waals surface area (Å²) >= 11 is 5.83. The normalized spacial score (nSPS) is 12.5. The number of rotatable bonds is 6. The third-order valence-electron chi connectivity index (χ3n) is 3.45. The van der Waals surface area contributed by atoms with Gasteiger partial charge in [0.15, 0.2) is 0 Å². The summed E-state index contributed by atoms with van der Waals surface area (Å²) in [5, 5.41) is 3.30. The van der Waals surface area contributed by atoms with Gasteiger partial charge in [-0.1, -0.05) is 36.7 Å². The number of benzene rings is 2. The van der Waals surface area contributed by atoms with Crippen LogP contribution in [0.4, 0.5) is 11.4 Å². The number of carbonyl (C=O) groups is 1. The van der Waals surface area contributed by atoms with Crippen molar-refractivity contribution in [2.24, 2.45) is 0 Å². The van der Waals surface area contributed by atoms with Gasteiger partial charge in [0.2, 0.25) is 15.9 Å². The number of para-hydroxylation sites is 1. The number of sulfonamides is 1. The Morgan fingerprint density at radius 3 is 2.21 bits per heavy atom. The standard InChI is InChI=1S/C17H19ClN2O3S/c1-3-16(17(21)19-14-11-9-13(18)10-12-14)20(24(2,22)23)15-7-5-4-6-8-15/h4-12,16H,3H2,1-2H3,(H,19,21)/t16-/m0/s1. The number of carbonyl (C=O) groups excluding carboxylic acids is 1. The monoisotopic (exact) mass is 366 g/mol. The third-order valence-corrected chi connectivity index (χ3v) is 4.88. The van der Waals surface area contributed by atoms with Gasteiger partial charge in [0.1, 0.15) is 6.04 Å². The van der Waals surface area contributed by atoms with Crippen LogP contribution >= 0.6 is 11.6 Å². The summed E-state index contributed by atoms with van der Waals surface area (Å²) in [7, 11) is -3.62. The number of anilines is 2. The molecule has 128 valence electrons. The number of hydrogen-bond donors (Lipinski definition) is 1. The van der Waals surface area contributed by atoms with E-state index in [1.807, 2.05) is 0 Å². The van der Waals surface area contributed by atoms with Crippen LogP contribution < -0.4 is 9.62 Å². The molecular formula is C17H19ClN2O3S. The van der Waals surface area contributed by atoms with Crippen molar-refractivity contribution in [2.75, 3.05) is 15.9 Å². The molecule has 0 heterocycles. The van der Waals surface area contributed by atoms with E-state index in [0.717, 1.165) is 10.6 Å². The van der Waals surface area contributed by atoms with Crippen LogP contribution in [0.2, 0.25) is 5.02 Å². The first-order valence-corrected chi connectivity index (χ1v) is 9.66. The van der Waals surface area contributed by atoms with Crippen molar-refractivity contribution in [3.63, 3.8) is 0 Å². The van der Waals surface area contributed by atoms with E-state index >= 15 is 0 Å². The molecule has 0 aromatic heterocycles. The van der Waals surface area contributed by atoms with Crippen LogP contribution in [0.15, 0.2) is 54.6 Å². The van der Waals surface area contributed by atoms with Gasteiger partial charge in [-0.3, -0.25) is 9.10 Å². The van der Waals surface area contributed by atoms with Crippen molar-refractivity contribution in [3.05, 3.63) is 59.6 Å². The summed E-state index contributed by atoms with van der Waals surface area (Å²) in [6.07, 6.45) is 1.43. The highest BCUT2D eigenvalue weighted by atomic mass is 35.5. The molecular weight excluding hydrogens is 348 g/mol. The lowest BCUT2D eigenvalue weighted by atomic mass is 10.2. The van der Waals surface area contributed by atoms with E-state index in [4.69, 9.17) is 11.6 Å². The van der Waals surface area contributed by atoms with E-state index in [9.17, 15) is 13.2 Å². The molecule has 1 amide bonds. The number of amides is 1. The van der Waals surface area contributed by atoms with Gasteiger partial charge in [-0.05, 0) is 42.8 Å². The lowest BCUT2D eigenvalue weighted by Crippen LogP contribution is -2.46. The molecule has 2 aromatic rings. The summed E-state index contributed by atoms with van der Waals surface area (Å²) in [5.74, 6) is -0.394. The molecule has 7 heteroatoms. The van der Waals surface area contributed by atoms with E-state index in [2.05, 4.69) is 5.32 Å². The Hall–Kier alpha value is -2.05. The average Bonchev–Trinajstić information content (AvgIpc) is 2.54. The van der Waals surface area contributed by atoms with Crippen LogP contribution in [0.1, 0.15) is 13.3 Å². The molecule has 0 spiro atoms. The van der Waals surface area contributed by atoms with Crippen molar-refractivity contribution in [1.29, 1.82) is 0 Å². The minimum atomic E-state index is -3.62. The molecule has 0 aliphatic carbocycles. The first-order valence-electron chi connectivity index (χ1n) is 7.44. The number of nitrogens with one attached hydrogen (secondary N) is 1. The zero-order valence-corrected chi connectivity index (χ0v) is 15.0. The summed E-state index contributed by atoms with van der Waals surface area (Å²) in [6.45, 7) is 1.77. The van der Waals surface area contributed by atoms with E-state index in [1.54, 1.807) is 61.5 Å². The molecule has 2 rings (SSSR count). The zero-order valence-electron chi connectivity index (χ0n) is 13.4. The molecule has 24 heavy (non-hydrogen) atoms. The van der Waals surface area contributed by atoms with Gasteiger partial charge < -0.3 is 5.32 Å². The Balaban J connectivity index is 2.32. The Labute approximate surface area is 147 Å². The van der Waals surface area contributed by atoms with Crippen molar-refractivity contribution in [1.82, 2.24) is 0 Å². The zero-order chi connectivity index (χ0) is 17.7. The predicted molar refractivity (Wildman–Crippen MR) is 97.9 cm³/mol. The lowest BCUT2D eigenvalue weighted by Gasteiger charge is -2.30. The summed E-state index contributed by atoms with van der Waals surface area (Å²) in [4.78, 5) is 12.6. The highest BCUT2D eigenvalue weighted by Gasteiger charge is 2.31. The molecule has 0 aliphatic heterocycles. The van der Waals surface area contributed by atoms with Crippen molar-refractivity contribution in [2.45, 2.75) is 19.4 Å². The SMILES string of the molecule is CC[C@@H](C(=O)Nc1ccc(Cl)cc1)N(c1ccccc1)S(C)(=O)=O. The van der Waals surface area contributed by atoms with E-state index in [1.165, 1.54) is 0 Å². The first kappa shape index (κ1) is 18.3. The molecule has 1 N–H and O–H groups in total. The highest BCUT2D eigenvalue weighted by molar-refractivity contribution is 7.92. The van der Waals surface area contributed by atoms with E-state index in [0.29, 0.717) is 22.8 Å². The Morgan fingerprint density at radius 1 is 1.12 bits per heavy atom. The Kier molecular flexibility index (Phi) is 5.85. The maximum Gasteiger partial charge on any atom is 0.248 e. The molecule has 1 atom stereocenters. The van der Waals surface area contributed by atoms with E-state index < -0.39 is 22.0 Å². The largest absolute Gasteiger partial charge is 0.324 e. The van der Waals surface area contributed by atoms with Crippen LogP contribution in [-0.4, -0.2) is 26.6 Å². The fourth-order valence-corrected chi connectivity index (χ4v) is 3.73. The average molecular weight is 367 g/mol. The lowest BCUT2D eigenvalue weighted by molar-refractivity contribution is -0.117. The molecule has 5 nitrogen and oxygen atoms in total. The second kappa shape index (κ2) is 7.68. The smallest absolute Gasteiger partial charge is 0.248 e. The van der Waals surface area contributed by atoms with E-state index in [-0.39, 0.29) is 0 Å². The van der Waals surface area contributed by atoms with Crippen LogP contribution in [0.3, 0.4) is 0 Å². The maximum atomic E-state index is 12.6. The number of hydrogen-bond acceptors (Lipinski definition) is 3. The van der Waals surface area contributed by atoms with Crippen LogP contribution in [0.5, 0.6) is 0 Å². The molecule has 0 fully saturated rings. The van der Waals surface area contributed by atoms with Crippen LogP contribution in [0, 0.1) is 0 Å². The van der Waals surface area contributed by atoms with Gasteiger partial charge in [-0.15, -0.1) is 0 Å². The molecule has 0 saturated heterocycles. The minimum Gasteiger partial charge on any atom is -0.324 e. The van der Waals surface area contributed by atoms with Crippen molar-refractivity contribution < 1.29 is 13.2 Å². The van der Waals surface area contributed by atoms with Gasteiger partial charge in [0.25, 0.3) is 0 Å². The molecule has 0 aliphatic rings. The van der Waals surface area contributed by atoms with Gasteiger partial charge in [0, 0.05) is 10.7 Å². The molecule has 0 saturated carbocycles. The quantitative estimate of drug-likeness (QED) is 0.850. The van der Waals surface area contributed by atoms with Crippen LogP contribution in [0.25, 0.3) is 0 Å². The van der Waals surface area contributed by atoms with Crippen LogP contribution in [-0.2, 0) is 14.8 Å². The van der Waals surface area contributed by atoms with Gasteiger partial charge in [0.05, 0.1) is 11.9 Å². The van der Waals surface area contributed by atoms with Crippen molar-refractivity contribution >= 4 is 38.9 Å². The topological polar surface area (TPSA) is 66.5 Å². The molecule has 2 aromatic carbocycles. The second-order valence-electron chi connectivity index (χ2n) is 5.31. The summed E-state index contributed by atoms with van der Waals surface area (Å²) < 4.78 is 25.7. The maximum absolute atomic E-state index is 12.6. The number of nitrogens with zero attached hydrogens (tertiary/aromatic N) is 1. The fraction of sp³-hybridized carbons (Fsp3) is 0.235. The highest BCUT2D eigenvalue weighted by Crippen LogP contribution is 2.23. The first-order chi connectivity index (χ1) is 11.3. The fourth-order valence-electron chi connectivity index (χ4n) is 2.39. The second-order valence-corrected chi connectivity index (χ2v) is 7.61. The third kappa shape index (κ3) is 4.49. The van der Waals surface area contributed by atoms with Gasteiger partial charge in [-0.25, -0.2) is 8.42 Å². The minimum absolute atomic E-state index is 0.335. The summed E-state index contributed by atoms with van der Waals surface area (Å²) in [5.41, 5.74) is 1.02. The Bertz CT molecular complexity index is 792. The Morgan fingerprint density at radius 2 is 1.71 bits per heavy atom. The van der Waals surface area contributed by atoms with Gasteiger partial charge >= 0.3 is 0 Å². The molecule has 0 radical (unpaired) electrons.